The van der Waals surface area contributed by atoms with E-state index in [4.69, 9.17) is 5.73 Å². The van der Waals surface area contributed by atoms with Gasteiger partial charge in [0.05, 0.1) is 0 Å². The van der Waals surface area contributed by atoms with E-state index < -0.39 is 0 Å². The van der Waals surface area contributed by atoms with Gasteiger partial charge in [-0.05, 0) is 38.1 Å². The molecule has 2 N–H and O–H groups in total. The van der Waals surface area contributed by atoms with Crippen LogP contribution in [0.25, 0.3) is 0 Å². The van der Waals surface area contributed by atoms with Crippen molar-refractivity contribution < 1.29 is 0 Å². The van der Waals surface area contributed by atoms with Gasteiger partial charge >= 0.3 is 0 Å². The first-order chi connectivity index (χ1) is 8.95. The van der Waals surface area contributed by atoms with Crippen LogP contribution in [0.5, 0.6) is 0 Å². The number of anilines is 1. The van der Waals surface area contributed by atoms with Gasteiger partial charge in [-0.1, -0.05) is 32.0 Å². The van der Waals surface area contributed by atoms with Crippen molar-refractivity contribution in [1.82, 2.24) is 4.90 Å². The second kappa shape index (κ2) is 7.51. The highest BCUT2D eigenvalue weighted by Crippen LogP contribution is 2.25. The van der Waals surface area contributed by atoms with E-state index in [0.717, 1.165) is 19.6 Å². The molecule has 0 aliphatic heterocycles. The van der Waals surface area contributed by atoms with Crippen LogP contribution in [0.1, 0.15) is 25.0 Å². The minimum absolute atomic E-state index is 0.605. The lowest BCUT2D eigenvalue weighted by atomic mass is 10.0. The van der Waals surface area contributed by atoms with Crippen molar-refractivity contribution in [2.75, 3.05) is 38.6 Å². The van der Waals surface area contributed by atoms with Crippen molar-refractivity contribution in [1.29, 1.82) is 0 Å². The first kappa shape index (κ1) is 16.0. The highest BCUT2D eigenvalue weighted by molar-refractivity contribution is 5.59. The molecule has 0 spiro atoms. The fourth-order valence-corrected chi connectivity index (χ4v) is 2.39. The van der Waals surface area contributed by atoms with Gasteiger partial charge in [0.1, 0.15) is 0 Å². The Morgan fingerprint density at radius 2 is 1.84 bits per heavy atom. The maximum absolute atomic E-state index is 5.91. The quantitative estimate of drug-likeness (QED) is 0.820. The van der Waals surface area contributed by atoms with Crippen LogP contribution in [0.15, 0.2) is 18.2 Å². The summed E-state index contributed by atoms with van der Waals surface area (Å²) in [6, 6.07) is 6.42. The molecule has 0 fully saturated rings. The van der Waals surface area contributed by atoms with Crippen molar-refractivity contribution in [3.63, 3.8) is 0 Å². The standard InChI is InChI=1S/C16H29N3/c1-13(2)12-19(10-9-18(4)5)16-14(3)7-6-8-15(16)11-17/h6-8,13H,9-12,17H2,1-5H3. The summed E-state index contributed by atoms with van der Waals surface area (Å²) in [4.78, 5) is 4.72. The van der Waals surface area contributed by atoms with E-state index in [1.165, 1.54) is 16.8 Å². The van der Waals surface area contributed by atoms with Crippen LogP contribution < -0.4 is 10.6 Å². The van der Waals surface area contributed by atoms with Gasteiger partial charge in [-0.15, -0.1) is 0 Å². The van der Waals surface area contributed by atoms with E-state index in [-0.39, 0.29) is 0 Å². The van der Waals surface area contributed by atoms with Gasteiger partial charge in [-0.3, -0.25) is 0 Å². The lowest BCUT2D eigenvalue weighted by molar-refractivity contribution is 0.408. The number of nitrogens with zero attached hydrogens (tertiary/aromatic N) is 2. The Bertz CT molecular complexity index is 386. The van der Waals surface area contributed by atoms with Gasteiger partial charge in [0.15, 0.2) is 0 Å². The van der Waals surface area contributed by atoms with Crippen molar-refractivity contribution in [3.8, 4) is 0 Å². The Hall–Kier alpha value is -1.06. The highest BCUT2D eigenvalue weighted by atomic mass is 15.2. The first-order valence-electron chi connectivity index (χ1n) is 7.14. The molecule has 0 aromatic heterocycles. The summed E-state index contributed by atoms with van der Waals surface area (Å²) in [5.74, 6) is 0.646. The summed E-state index contributed by atoms with van der Waals surface area (Å²) in [6.07, 6.45) is 0. The van der Waals surface area contributed by atoms with Crippen molar-refractivity contribution in [3.05, 3.63) is 29.3 Å². The van der Waals surface area contributed by atoms with Gasteiger partial charge < -0.3 is 15.5 Å². The summed E-state index contributed by atoms with van der Waals surface area (Å²) in [7, 11) is 4.24. The maximum atomic E-state index is 5.91. The molecule has 0 saturated heterocycles. The zero-order valence-electron chi connectivity index (χ0n) is 13.1. The second-order valence-corrected chi connectivity index (χ2v) is 5.93. The van der Waals surface area contributed by atoms with Crippen molar-refractivity contribution >= 4 is 5.69 Å². The summed E-state index contributed by atoms with van der Waals surface area (Å²) in [5.41, 5.74) is 9.81. The molecule has 0 radical (unpaired) electrons. The van der Waals surface area contributed by atoms with E-state index in [9.17, 15) is 0 Å². The van der Waals surface area contributed by atoms with E-state index in [2.05, 4.69) is 62.9 Å². The number of benzene rings is 1. The van der Waals surface area contributed by atoms with Crippen LogP contribution >= 0.6 is 0 Å². The zero-order chi connectivity index (χ0) is 14.4. The van der Waals surface area contributed by atoms with Crippen LogP contribution in [0, 0.1) is 12.8 Å². The third kappa shape index (κ3) is 4.84. The second-order valence-electron chi connectivity index (χ2n) is 5.93. The number of hydrogen-bond acceptors (Lipinski definition) is 3. The number of nitrogens with two attached hydrogens (primary N) is 1. The Labute approximate surface area is 118 Å². The molecular weight excluding hydrogens is 234 g/mol. The number of para-hydroxylation sites is 1. The molecule has 0 bridgehead atoms. The number of aryl methyl sites for hydroxylation is 1. The average molecular weight is 263 g/mol. The van der Waals surface area contributed by atoms with Crippen LogP contribution in [0.4, 0.5) is 5.69 Å². The number of hydrogen-bond donors (Lipinski definition) is 1. The molecular formula is C16H29N3. The normalized spacial score (nSPS) is 11.4. The van der Waals surface area contributed by atoms with Gasteiger partial charge in [0.2, 0.25) is 0 Å². The Kier molecular flexibility index (Phi) is 6.32. The summed E-state index contributed by atoms with van der Waals surface area (Å²) >= 11 is 0. The van der Waals surface area contributed by atoms with Crippen LogP contribution in [0.3, 0.4) is 0 Å². The Morgan fingerprint density at radius 3 is 2.37 bits per heavy atom. The molecule has 0 aliphatic carbocycles. The number of rotatable bonds is 7. The largest absolute Gasteiger partial charge is 0.370 e. The average Bonchev–Trinajstić information content (AvgIpc) is 2.33. The molecule has 3 nitrogen and oxygen atoms in total. The molecule has 0 amide bonds. The number of likely N-dealkylation sites (N-methyl/N-ethyl adjacent to an activating group) is 1. The topological polar surface area (TPSA) is 32.5 Å². The smallest absolute Gasteiger partial charge is 0.0442 e. The maximum Gasteiger partial charge on any atom is 0.0442 e. The van der Waals surface area contributed by atoms with Gasteiger partial charge in [0.25, 0.3) is 0 Å². The predicted octanol–water partition coefficient (Wildman–Crippen LogP) is 2.48. The van der Waals surface area contributed by atoms with Gasteiger partial charge in [0, 0.05) is 31.9 Å². The van der Waals surface area contributed by atoms with E-state index >= 15 is 0 Å². The predicted molar refractivity (Wildman–Crippen MR) is 84.7 cm³/mol. The minimum atomic E-state index is 0.605. The summed E-state index contributed by atoms with van der Waals surface area (Å²) in [6.45, 7) is 10.5. The third-order valence-electron chi connectivity index (χ3n) is 3.26. The Morgan fingerprint density at radius 1 is 1.16 bits per heavy atom. The molecule has 1 aromatic carbocycles. The molecule has 0 aliphatic rings. The van der Waals surface area contributed by atoms with Crippen LogP contribution in [0.2, 0.25) is 0 Å². The molecule has 1 rings (SSSR count). The van der Waals surface area contributed by atoms with Gasteiger partial charge in [-0.2, -0.15) is 0 Å². The van der Waals surface area contributed by atoms with Crippen molar-refractivity contribution in [2.45, 2.75) is 27.3 Å². The molecule has 19 heavy (non-hydrogen) atoms. The molecule has 1 aromatic rings. The molecule has 0 heterocycles. The van der Waals surface area contributed by atoms with Crippen LogP contribution in [-0.4, -0.2) is 38.6 Å². The third-order valence-corrected chi connectivity index (χ3v) is 3.26. The molecule has 108 valence electrons. The van der Waals surface area contributed by atoms with Crippen molar-refractivity contribution in [2.24, 2.45) is 11.7 Å². The SMILES string of the molecule is Cc1cccc(CN)c1N(CCN(C)C)CC(C)C. The lowest BCUT2D eigenvalue weighted by Gasteiger charge is -2.31. The van der Waals surface area contributed by atoms with E-state index in [1.54, 1.807) is 0 Å². The molecule has 0 saturated carbocycles. The minimum Gasteiger partial charge on any atom is -0.370 e. The van der Waals surface area contributed by atoms with E-state index in [0.29, 0.717) is 12.5 Å². The zero-order valence-corrected chi connectivity index (χ0v) is 13.1. The fraction of sp³-hybridized carbons (Fsp3) is 0.625. The first-order valence-corrected chi connectivity index (χ1v) is 7.14. The fourth-order valence-electron chi connectivity index (χ4n) is 2.39. The Balaban J connectivity index is 3.01. The summed E-state index contributed by atoms with van der Waals surface area (Å²) in [5, 5.41) is 0. The van der Waals surface area contributed by atoms with E-state index in [1.807, 2.05) is 0 Å². The lowest BCUT2D eigenvalue weighted by Crippen LogP contribution is -2.35. The molecule has 0 unspecified atom stereocenters. The monoisotopic (exact) mass is 263 g/mol. The molecule has 3 heteroatoms. The summed E-state index contributed by atoms with van der Waals surface area (Å²) < 4.78 is 0. The highest BCUT2D eigenvalue weighted by Gasteiger charge is 2.14. The molecule has 0 atom stereocenters. The van der Waals surface area contributed by atoms with Crippen LogP contribution in [-0.2, 0) is 6.54 Å². The van der Waals surface area contributed by atoms with Gasteiger partial charge in [-0.25, -0.2) is 0 Å².